The first kappa shape index (κ1) is 15.6. The average Bonchev–Trinajstić information content (AvgIpc) is 3.32. The maximum atomic E-state index is 12.8. The van der Waals surface area contributed by atoms with Gasteiger partial charge in [0.2, 0.25) is 5.91 Å². The highest BCUT2D eigenvalue weighted by Gasteiger charge is 2.40. The van der Waals surface area contributed by atoms with E-state index in [-0.39, 0.29) is 23.8 Å². The van der Waals surface area contributed by atoms with Crippen LogP contribution in [-0.2, 0) is 4.79 Å². The molecular formula is C18H21N3O2S. The number of likely N-dealkylation sites (tertiary alicyclic amines) is 2. The molecule has 1 aromatic heterocycles. The molecule has 0 bridgehead atoms. The quantitative estimate of drug-likeness (QED) is 0.906. The fourth-order valence-corrected chi connectivity index (χ4v) is 4.70. The summed E-state index contributed by atoms with van der Waals surface area (Å²) in [5, 5.41) is 1.08. The van der Waals surface area contributed by atoms with Crippen molar-refractivity contribution < 1.29 is 9.59 Å². The maximum Gasteiger partial charge on any atom is 0.264 e. The molecule has 0 saturated carbocycles. The summed E-state index contributed by atoms with van der Waals surface area (Å²) in [5.74, 6) is -0.156. The molecule has 0 aliphatic carbocycles. The summed E-state index contributed by atoms with van der Waals surface area (Å²) in [6.07, 6.45) is 2.14. The van der Waals surface area contributed by atoms with Gasteiger partial charge in [-0.05, 0) is 30.4 Å². The molecule has 2 amide bonds. The molecule has 5 nitrogen and oxygen atoms in total. The van der Waals surface area contributed by atoms with Gasteiger partial charge in [-0.25, -0.2) is 0 Å². The highest BCUT2D eigenvalue weighted by Crippen LogP contribution is 2.28. The summed E-state index contributed by atoms with van der Waals surface area (Å²) >= 11 is 1.50. The normalized spacial score (nSPS) is 24.0. The van der Waals surface area contributed by atoms with Crippen LogP contribution < -0.4 is 5.73 Å². The lowest BCUT2D eigenvalue weighted by Crippen LogP contribution is -2.42. The van der Waals surface area contributed by atoms with Crippen molar-refractivity contribution in [2.45, 2.75) is 18.9 Å². The van der Waals surface area contributed by atoms with Crippen LogP contribution in [0.2, 0.25) is 0 Å². The van der Waals surface area contributed by atoms with Crippen LogP contribution in [0.5, 0.6) is 0 Å². The van der Waals surface area contributed by atoms with Gasteiger partial charge in [0.15, 0.2) is 0 Å². The van der Waals surface area contributed by atoms with Gasteiger partial charge < -0.3 is 15.5 Å². The third-order valence-electron chi connectivity index (χ3n) is 5.02. The number of carbonyl (C=O) groups excluding carboxylic acids is 2. The Balaban J connectivity index is 1.50. The van der Waals surface area contributed by atoms with E-state index in [4.69, 9.17) is 5.73 Å². The van der Waals surface area contributed by atoms with Crippen LogP contribution in [0.15, 0.2) is 30.3 Å². The lowest BCUT2D eigenvalue weighted by atomic mass is 10.0. The summed E-state index contributed by atoms with van der Waals surface area (Å²) in [5.41, 5.74) is 6.19. The number of hydrogen-bond donors (Lipinski definition) is 1. The van der Waals surface area contributed by atoms with Crippen molar-refractivity contribution in [3.63, 3.8) is 0 Å². The third kappa shape index (κ3) is 2.70. The van der Waals surface area contributed by atoms with Gasteiger partial charge in [-0.15, -0.1) is 11.3 Å². The molecule has 2 fully saturated rings. The Morgan fingerprint density at radius 2 is 1.83 bits per heavy atom. The van der Waals surface area contributed by atoms with Crippen molar-refractivity contribution >= 4 is 33.2 Å². The number of amides is 2. The van der Waals surface area contributed by atoms with E-state index in [9.17, 15) is 9.59 Å². The molecule has 126 valence electrons. The highest BCUT2D eigenvalue weighted by atomic mass is 32.1. The van der Waals surface area contributed by atoms with Crippen LogP contribution in [0, 0.1) is 5.92 Å². The Bertz CT molecular complexity index is 748. The molecule has 2 aromatic rings. The van der Waals surface area contributed by atoms with Crippen LogP contribution in [-0.4, -0.2) is 53.8 Å². The molecule has 2 N–H and O–H groups in total. The number of rotatable bonds is 2. The molecule has 0 spiro atoms. The van der Waals surface area contributed by atoms with E-state index in [1.165, 1.54) is 11.3 Å². The van der Waals surface area contributed by atoms with E-state index >= 15 is 0 Å². The van der Waals surface area contributed by atoms with Crippen molar-refractivity contribution in [1.82, 2.24) is 9.80 Å². The summed E-state index contributed by atoms with van der Waals surface area (Å²) in [7, 11) is 0. The molecule has 2 aliphatic heterocycles. The summed E-state index contributed by atoms with van der Waals surface area (Å²) in [6.45, 7) is 2.54. The first-order valence-electron chi connectivity index (χ1n) is 8.46. The second-order valence-corrected chi connectivity index (χ2v) is 7.75. The van der Waals surface area contributed by atoms with E-state index in [0.29, 0.717) is 13.1 Å². The molecule has 24 heavy (non-hydrogen) atoms. The van der Waals surface area contributed by atoms with Crippen LogP contribution in [0.25, 0.3) is 10.1 Å². The Kier molecular flexibility index (Phi) is 4.02. The highest BCUT2D eigenvalue weighted by molar-refractivity contribution is 7.20. The second kappa shape index (κ2) is 6.18. The molecule has 2 atom stereocenters. The minimum absolute atomic E-state index is 0.0108. The number of nitrogens with zero attached hydrogens (tertiary/aromatic N) is 2. The van der Waals surface area contributed by atoms with Gasteiger partial charge in [0.05, 0.1) is 10.8 Å². The minimum atomic E-state index is -0.267. The van der Waals surface area contributed by atoms with Gasteiger partial charge in [-0.1, -0.05) is 18.2 Å². The molecule has 1 aromatic carbocycles. The summed E-state index contributed by atoms with van der Waals surface area (Å²) < 4.78 is 1.11. The van der Waals surface area contributed by atoms with Crippen molar-refractivity contribution in [2.75, 3.05) is 26.2 Å². The van der Waals surface area contributed by atoms with Crippen molar-refractivity contribution in [3.8, 4) is 0 Å². The van der Waals surface area contributed by atoms with Gasteiger partial charge in [0, 0.05) is 36.9 Å². The fourth-order valence-electron chi connectivity index (χ4n) is 3.67. The van der Waals surface area contributed by atoms with Crippen LogP contribution in [0.4, 0.5) is 0 Å². The molecule has 6 heteroatoms. The Hall–Kier alpha value is -1.92. The molecule has 3 heterocycles. The lowest BCUT2D eigenvalue weighted by molar-refractivity contribution is -0.134. The van der Waals surface area contributed by atoms with Gasteiger partial charge in [-0.2, -0.15) is 0 Å². The van der Waals surface area contributed by atoms with E-state index < -0.39 is 0 Å². The van der Waals surface area contributed by atoms with Crippen LogP contribution >= 0.6 is 11.3 Å². The lowest BCUT2D eigenvalue weighted by Gasteiger charge is -2.21. The topological polar surface area (TPSA) is 66.6 Å². The van der Waals surface area contributed by atoms with Crippen LogP contribution in [0.3, 0.4) is 0 Å². The van der Waals surface area contributed by atoms with Gasteiger partial charge in [0.1, 0.15) is 0 Å². The Labute approximate surface area is 145 Å². The monoisotopic (exact) mass is 343 g/mol. The van der Waals surface area contributed by atoms with E-state index in [1.807, 2.05) is 35.2 Å². The van der Waals surface area contributed by atoms with Gasteiger partial charge in [-0.3, -0.25) is 9.59 Å². The molecule has 0 unspecified atom stereocenters. The molecule has 4 rings (SSSR count). The van der Waals surface area contributed by atoms with Gasteiger partial charge >= 0.3 is 0 Å². The fraction of sp³-hybridized carbons (Fsp3) is 0.444. The first-order chi connectivity index (χ1) is 11.6. The first-order valence-corrected chi connectivity index (χ1v) is 9.27. The molecule has 2 aliphatic rings. The number of thiophene rings is 1. The van der Waals surface area contributed by atoms with Crippen molar-refractivity contribution in [1.29, 1.82) is 0 Å². The standard InChI is InChI=1S/C18H21N3O2S/c19-14-11-21(10-13(14)17(22)20-7-3-4-8-20)18(23)16-9-12-5-1-2-6-15(12)24-16/h1-2,5-6,9,13-14H,3-4,7-8,10-11,19H2/t13-,14+/m1/s1. The van der Waals surface area contributed by atoms with E-state index in [1.54, 1.807) is 4.90 Å². The summed E-state index contributed by atoms with van der Waals surface area (Å²) in [6, 6.07) is 9.65. The smallest absolute Gasteiger partial charge is 0.264 e. The minimum Gasteiger partial charge on any atom is -0.342 e. The van der Waals surface area contributed by atoms with Crippen molar-refractivity contribution in [3.05, 3.63) is 35.2 Å². The predicted molar refractivity (Wildman–Crippen MR) is 95.0 cm³/mol. The largest absolute Gasteiger partial charge is 0.342 e. The maximum absolute atomic E-state index is 12.8. The molecule has 2 saturated heterocycles. The predicted octanol–water partition coefficient (Wildman–Crippen LogP) is 1.92. The number of benzene rings is 1. The van der Waals surface area contributed by atoms with Gasteiger partial charge in [0.25, 0.3) is 5.91 Å². The number of carbonyl (C=O) groups is 2. The number of hydrogen-bond acceptors (Lipinski definition) is 4. The average molecular weight is 343 g/mol. The zero-order valence-corrected chi connectivity index (χ0v) is 14.3. The van der Waals surface area contributed by atoms with E-state index in [0.717, 1.165) is 40.9 Å². The number of nitrogens with two attached hydrogens (primary N) is 1. The molecular weight excluding hydrogens is 322 g/mol. The third-order valence-corrected chi connectivity index (χ3v) is 6.13. The zero-order chi connectivity index (χ0) is 16.7. The van der Waals surface area contributed by atoms with Crippen LogP contribution in [0.1, 0.15) is 22.5 Å². The van der Waals surface area contributed by atoms with Crippen molar-refractivity contribution in [2.24, 2.45) is 11.7 Å². The van der Waals surface area contributed by atoms with E-state index in [2.05, 4.69) is 0 Å². The Morgan fingerprint density at radius 1 is 1.08 bits per heavy atom. The molecule has 0 radical (unpaired) electrons. The number of fused-ring (bicyclic) bond motifs is 1. The zero-order valence-electron chi connectivity index (χ0n) is 13.5. The SMILES string of the molecule is N[C@H]1CN(C(=O)c2cc3ccccc3s2)C[C@H]1C(=O)N1CCCC1. The Morgan fingerprint density at radius 3 is 2.58 bits per heavy atom. The second-order valence-electron chi connectivity index (χ2n) is 6.66. The summed E-state index contributed by atoms with van der Waals surface area (Å²) in [4.78, 5) is 29.8.